The number of nitrogens with two attached hydrogens (primary N) is 1. The fourth-order valence-corrected chi connectivity index (χ4v) is 11.0. The van der Waals surface area contributed by atoms with E-state index in [0.29, 0.717) is 16.4 Å². The molecule has 2 aromatic heterocycles. The Labute approximate surface area is 379 Å². The number of carbonyl (C=O) groups excluding carboxylic acids is 3. The molecule has 16 heteroatoms. The van der Waals surface area contributed by atoms with Crippen molar-refractivity contribution in [2.24, 2.45) is 5.16 Å². The van der Waals surface area contributed by atoms with Crippen molar-refractivity contribution in [1.82, 2.24) is 23.9 Å². The minimum atomic E-state index is -1.31. The van der Waals surface area contributed by atoms with Crippen LogP contribution in [0.1, 0.15) is 45.3 Å². The molecule has 1 fully saturated rings. The summed E-state index contributed by atoms with van der Waals surface area (Å²) in [4.78, 5) is 56.7. The number of thiazole rings is 1. The zero-order chi connectivity index (χ0) is 43.2. The zero-order valence-corrected chi connectivity index (χ0v) is 36.5. The topological polar surface area (TPSA) is 162 Å². The summed E-state index contributed by atoms with van der Waals surface area (Å²) in [6, 6.07) is 46.7. The lowest BCUT2D eigenvalue weighted by Crippen LogP contribution is -2.71. The number of nitrogens with one attached hydrogen (secondary N) is 1. The van der Waals surface area contributed by atoms with E-state index in [4.69, 9.17) is 15.3 Å². The number of rotatable bonds is 15. The minimum absolute atomic E-state index is 0.127. The maximum atomic E-state index is 14.6. The van der Waals surface area contributed by atoms with Crippen LogP contribution in [0.3, 0.4) is 0 Å². The van der Waals surface area contributed by atoms with Crippen molar-refractivity contribution in [2.45, 2.75) is 28.9 Å². The van der Waals surface area contributed by atoms with E-state index in [1.165, 1.54) is 28.4 Å². The van der Waals surface area contributed by atoms with Crippen LogP contribution in [0.15, 0.2) is 179 Å². The number of amides is 2. The van der Waals surface area contributed by atoms with Gasteiger partial charge in [-0.25, -0.2) is 9.78 Å². The molecular formula is C47H37N7O5S4. The third-order valence-corrected chi connectivity index (χ3v) is 14.2. The van der Waals surface area contributed by atoms with Crippen LogP contribution in [0.4, 0.5) is 5.13 Å². The second-order valence-electron chi connectivity index (χ2n) is 14.3. The molecule has 63 heavy (non-hydrogen) atoms. The predicted molar refractivity (Wildman–Crippen MR) is 247 cm³/mol. The van der Waals surface area contributed by atoms with Crippen LogP contribution < -0.4 is 11.1 Å². The summed E-state index contributed by atoms with van der Waals surface area (Å²) in [6.45, 7) is 0. The SMILES string of the molecule is Nc1nc(/C(=N/OC(c2ccccc2)(c2ccccc2)c2ccccc2)C(=O)N[C@@H]2C(=O)N3C(C(=O)OC(c4ccccc4)c4ccccc4)=C(SCc4cnsn4)CS[C@H]23)cs1. The molecule has 0 bridgehead atoms. The Hall–Kier alpha value is -6.59. The van der Waals surface area contributed by atoms with Gasteiger partial charge in [-0.2, -0.15) is 8.75 Å². The van der Waals surface area contributed by atoms with Gasteiger partial charge in [-0.15, -0.1) is 34.9 Å². The van der Waals surface area contributed by atoms with E-state index in [9.17, 15) is 14.4 Å². The summed E-state index contributed by atoms with van der Waals surface area (Å²) in [5.74, 6) is -1.05. The van der Waals surface area contributed by atoms with Gasteiger partial charge in [0.1, 0.15) is 22.8 Å². The van der Waals surface area contributed by atoms with Crippen molar-refractivity contribution in [1.29, 1.82) is 0 Å². The molecule has 2 aliphatic heterocycles. The lowest BCUT2D eigenvalue weighted by Gasteiger charge is -2.49. The van der Waals surface area contributed by atoms with E-state index < -0.39 is 40.9 Å². The molecule has 9 rings (SSSR count). The highest BCUT2D eigenvalue weighted by atomic mass is 32.2. The van der Waals surface area contributed by atoms with Gasteiger partial charge in [-0.05, 0) is 11.1 Å². The number of esters is 1. The van der Waals surface area contributed by atoms with Crippen LogP contribution in [-0.2, 0) is 35.3 Å². The van der Waals surface area contributed by atoms with Crippen molar-refractivity contribution in [3.05, 3.63) is 213 Å². The summed E-state index contributed by atoms with van der Waals surface area (Å²) in [7, 11) is 0. The first-order valence-electron chi connectivity index (χ1n) is 19.7. The van der Waals surface area contributed by atoms with Crippen molar-refractivity contribution < 1.29 is 24.0 Å². The standard InChI is InChI=1S/C47H37N7O5S4/c48-46-50-36(28-62-46)38(52-59-47(32-20-10-3-11-21-32,33-22-12-4-13-23-33)34-24-14-5-15-25-34)42(55)51-39-43(56)54-40(37(29-61-44(39)54)60-27-35-26-49-63-53-35)45(57)58-41(30-16-6-1-7-17-30)31-18-8-2-9-19-31/h1-26,28,39,41,44H,27,29H2,(H2,48,50)(H,51,55)/b52-38-/t39-,44-/m1/s1. The average Bonchev–Trinajstić information content (AvgIpc) is 4.03. The molecule has 0 radical (unpaired) electrons. The fourth-order valence-electron chi connectivity index (χ4n) is 7.45. The average molecular weight is 908 g/mol. The van der Waals surface area contributed by atoms with Gasteiger partial charge < -0.3 is 20.6 Å². The second kappa shape index (κ2) is 18.8. The van der Waals surface area contributed by atoms with E-state index in [1.807, 2.05) is 152 Å². The van der Waals surface area contributed by atoms with Crippen molar-refractivity contribution in [3.8, 4) is 0 Å². The molecule has 2 aliphatic rings. The van der Waals surface area contributed by atoms with E-state index in [2.05, 4.69) is 24.2 Å². The van der Waals surface area contributed by atoms with Gasteiger partial charge in [-0.3, -0.25) is 14.5 Å². The van der Waals surface area contributed by atoms with Crippen LogP contribution in [-0.4, -0.2) is 59.3 Å². The second-order valence-corrected chi connectivity index (χ2v) is 17.9. The van der Waals surface area contributed by atoms with Gasteiger partial charge in [0.2, 0.25) is 5.60 Å². The number of benzene rings is 5. The number of anilines is 1. The summed E-state index contributed by atoms with van der Waals surface area (Å²) in [5, 5.41) is 8.72. The van der Waals surface area contributed by atoms with Gasteiger partial charge in [0, 0.05) is 38.5 Å². The molecule has 1 saturated heterocycles. The van der Waals surface area contributed by atoms with Crippen LogP contribution in [0, 0.1) is 0 Å². The van der Waals surface area contributed by atoms with Crippen LogP contribution >= 0.6 is 46.6 Å². The normalized spacial score (nSPS) is 16.3. The predicted octanol–water partition coefficient (Wildman–Crippen LogP) is 8.17. The molecule has 0 spiro atoms. The molecule has 5 aromatic carbocycles. The maximum absolute atomic E-state index is 14.6. The number of nitrogen functional groups attached to an aromatic ring is 1. The third kappa shape index (κ3) is 8.62. The molecule has 12 nitrogen and oxygen atoms in total. The first-order chi connectivity index (χ1) is 30.9. The molecule has 0 unspecified atom stereocenters. The van der Waals surface area contributed by atoms with Crippen molar-refractivity contribution in [2.75, 3.05) is 11.5 Å². The highest BCUT2D eigenvalue weighted by molar-refractivity contribution is 8.05. The summed E-state index contributed by atoms with van der Waals surface area (Å²) in [6.07, 6.45) is 0.930. The Morgan fingerprint density at radius 1 is 0.841 bits per heavy atom. The molecule has 4 heterocycles. The Morgan fingerprint density at radius 2 is 1.40 bits per heavy atom. The smallest absolute Gasteiger partial charge is 0.356 e. The van der Waals surface area contributed by atoms with Gasteiger partial charge in [0.05, 0.1) is 23.6 Å². The van der Waals surface area contributed by atoms with Crippen molar-refractivity contribution >= 4 is 75.2 Å². The Kier molecular flexibility index (Phi) is 12.5. The van der Waals surface area contributed by atoms with Gasteiger partial charge in [0.15, 0.2) is 16.9 Å². The molecule has 7 aromatic rings. The fraction of sp³-hybridized carbons (Fsp3) is 0.128. The highest BCUT2D eigenvalue weighted by Gasteiger charge is 2.55. The molecule has 3 N–H and O–H groups in total. The molecule has 2 amide bonds. The maximum Gasteiger partial charge on any atom is 0.356 e. The van der Waals surface area contributed by atoms with Crippen LogP contribution in [0.25, 0.3) is 0 Å². The lowest BCUT2D eigenvalue weighted by molar-refractivity contribution is -0.154. The molecule has 314 valence electrons. The number of ether oxygens (including phenoxy) is 1. The van der Waals surface area contributed by atoms with E-state index in [1.54, 1.807) is 11.6 Å². The van der Waals surface area contributed by atoms with Gasteiger partial charge in [0.25, 0.3) is 11.8 Å². The molecular weight excluding hydrogens is 871 g/mol. The molecule has 0 aliphatic carbocycles. The number of hydrogen-bond acceptors (Lipinski definition) is 14. The Balaban J connectivity index is 1.04. The van der Waals surface area contributed by atoms with Crippen LogP contribution in [0.5, 0.6) is 0 Å². The minimum Gasteiger partial charge on any atom is -0.448 e. The zero-order valence-electron chi connectivity index (χ0n) is 33.2. The number of oxime groups is 1. The number of thioether (sulfide) groups is 2. The van der Waals surface area contributed by atoms with Gasteiger partial charge in [-0.1, -0.05) is 157 Å². The third-order valence-electron chi connectivity index (χ3n) is 10.4. The number of β-lactam (4-membered cyclic amide) rings is 1. The summed E-state index contributed by atoms with van der Waals surface area (Å²) < 4.78 is 14.8. The summed E-state index contributed by atoms with van der Waals surface area (Å²) in [5.41, 5.74) is 9.49. The number of aromatic nitrogens is 3. The number of nitrogens with zero attached hydrogens (tertiary/aromatic N) is 5. The quantitative estimate of drug-likeness (QED) is 0.0336. The lowest BCUT2D eigenvalue weighted by atomic mass is 9.80. The van der Waals surface area contributed by atoms with E-state index >= 15 is 0 Å². The van der Waals surface area contributed by atoms with E-state index in [-0.39, 0.29) is 22.2 Å². The first kappa shape index (κ1) is 41.7. The van der Waals surface area contributed by atoms with Gasteiger partial charge >= 0.3 is 5.97 Å². The number of fused-ring (bicyclic) bond motifs is 1. The van der Waals surface area contributed by atoms with Crippen LogP contribution in [0.2, 0.25) is 0 Å². The summed E-state index contributed by atoms with van der Waals surface area (Å²) >= 11 is 5.07. The number of hydrogen-bond donors (Lipinski definition) is 2. The van der Waals surface area contributed by atoms with E-state index in [0.717, 1.165) is 56.6 Å². The molecule has 2 atom stereocenters. The largest absolute Gasteiger partial charge is 0.448 e. The van der Waals surface area contributed by atoms with Crippen molar-refractivity contribution in [3.63, 3.8) is 0 Å². The first-order valence-corrected chi connectivity index (χ1v) is 23.4. The Bertz CT molecular complexity index is 2620. The molecule has 0 saturated carbocycles. The number of carbonyl (C=O) groups is 3. The highest BCUT2D eigenvalue weighted by Crippen LogP contribution is 2.45. The Morgan fingerprint density at radius 3 is 1.90 bits per heavy atom. The monoisotopic (exact) mass is 907 g/mol.